The van der Waals surface area contributed by atoms with Gasteiger partial charge >= 0.3 is 0 Å². The number of halogens is 3. The average Bonchev–Trinajstić information content (AvgIpc) is 2.83. The van der Waals surface area contributed by atoms with Crippen LogP contribution in [-0.2, 0) is 16.6 Å². The van der Waals surface area contributed by atoms with E-state index in [0.717, 1.165) is 5.69 Å². The van der Waals surface area contributed by atoms with Gasteiger partial charge in [0.2, 0.25) is 10.0 Å². The van der Waals surface area contributed by atoms with Crippen molar-refractivity contribution in [2.24, 2.45) is 10.2 Å². The lowest BCUT2D eigenvalue weighted by Gasteiger charge is -2.17. The Hall–Kier alpha value is -2.74. The molecule has 0 radical (unpaired) electrons. The van der Waals surface area contributed by atoms with Gasteiger partial charge < -0.3 is 17.3 Å². The molecule has 0 aliphatic carbocycles. The van der Waals surface area contributed by atoms with Crippen molar-refractivity contribution in [3.63, 3.8) is 0 Å². The Morgan fingerprint density at radius 3 is 2.29 bits per heavy atom. The van der Waals surface area contributed by atoms with Crippen LogP contribution >= 0.6 is 23.2 Å². The molecular formula is C23H23Cl3N6O2S. The van der Waals surface area contributed by atoms with Crippen LogP contribution < -0.4 is 26.6 Å². The lowest BCUT2D eigenvalue weighted by Crippen LogP contribution is -3.00. The van der Waals surface area contributed by atoms with Crippen molar-refractivity contribution in [3.8, 4) is 6.07 Å². The Morgan fingerprint density at radius 1 is 1.06 bits per heavy atom. The summed E-state index contributed by atoms with van der Waals surface area (Å²) in [5.74, 6) is 0. The maximum Gasteiger partial charge on any atom is 0.240 e. The van der Waals surface area contributed by atoms with E-state index >= 15 is 0 Å². The molecule has 3 aromatic rings. The third-order valence-electron chi connectivity index (χ3n) is 4.86. The highest BCUT2D eigenvalue weighted by Gasteiger charge is 2.19. The Bertz CT molecular complexity index is 1270. The third kappa shape index (κ3) is 8.16. The summed E-state index contributed by atoms with van der Waals surface area (Å²) in [5, 5.41) is 17.1. The summed E-state index contributed by atoms with van der Waals surface area (Å²) in [7, 11) is -1.91. The molecule has 0 aliphatic rings. The van der Waals surface area contributed by atoms with Gasteiger partial charge in [0, 0.05) is 31.4 Å². The van der Waals surface area contributed by atoms with Gasteiger partial charge in [0.1, 0.15) is 5.69 Å². The molecular weight excluding hydrogens is 531 g/mol. The minimum Gasteiger partial charge on any atom is -1.00 e. The highest BCUT2D eigenvalue weighted by molar-refractivity contribution is 7.89. The van der Waals surface area contributed by atoms with Gasteiger partial charge in [0.05, 0.1) is 39.7 Å². The maximum absolute atomic E-state index is 12.7. The quantitative estimate of drug-likeness (QED) is 0.307. The molecule has 184 valence electrons. The number of sulfonamides is 1. The molecule has 0 fully saturated rings. The SMILES string of the molecule is CN(CCC#N)c1ccc(N=Nc2c(Cl)cc(S(=O)(=O)NCC[n+]3ccccc3)cc2Cl)cc1.[Cl-]. The summed E-state index contributed by atoms with van der Waals surface area (Å²) in [6, 6.07) is 17.6. The normalized spacial score (nSPS) is 11.1. The van der Waals surface area contributed by atoms with Crippen molar-refractivity contribution in [1.82, 2.24) is 4.72 Å². The standard InChI is InChI=1S/C23H23Cl2N6O2S.ClH/c1-30(12-5-10-26)19-8-6-18(7-9-19)28-29-23-21(24)16-20(17-22(23)25)34(32,33)27-11-15-31-13-3-2-4-14-31;/h2-4,6-9,13-14,16-17,27H,5,11-12,15H2,1H3;1H/q+1;/p-1. The number of hydrogen-bond acceptors (Lipinski definition) is 6. The Morgan fingerprint density at radius 2 is 1.69 bits per heavy atom. The van der Waals surface area contributed by atoms with Crippen molar-refractivity contribution >= 4 is 50.3 Å². The molecule has 0 aliphatic heterocycles. The molecule has 0 saturated heterocycles. The van der Waals surface area contributed by atoms with E-state index in [1.807, 2.05) is 59.2 Å². The Balaban J connectivity index is 0.00000432. The molecule has 1 N–H and O–H groups in total. The minimum atomic E-state index is -3.81. The summed E-state index contributed by atoms with van der Waals surface area (Å²) in [4.78, 5) is 1.91. The first-order valence-electron chi connectivity index (χ1n) is 10.3. The highest BCUT2D eigenvalue weighted by Crippen LogP contribution is 2.36. The van der Waals surface area contributed by atoms with Crippen molar-refractivity contribution < 1.29 is 25.4 Å². The van der Waals surface area contributed by atoms with Crippen LogP contribution in [0.3, 0.4) is 0 Å². The third-order valence-corrected chi connectivity index (χ3v) is 6.87. The molecule has 0 unspecified atom stereocenters. The van der Waals surface area contributed by atoms with Gasteiger partial charge in [-0.2, -0.15) is 10.4 Å². The average molecular weight is 554 g/mol. The van der Waals surface area contributed by atoms with E-state index in [0.29, 0.717) is 25.2 Å². The summed E-state index contributed by atoms with van der Waals surface area (Å²) in [6.07, 6.45) is 4.13. The van der Waals surface area contributed by atoms with Crippen molar-refractivity contribution in [3.05, 3.63) is 77.0 Å². The van der Waals surface area contributed by atoms with Crippen LogP contribution in [0.15, 0.2) is 82.1 Å². The molecule has 0 atom stereocenters. The zero-order valence-corrected chi connectivity index (χ0v) is 21.9. The van der Waals surface area contributed by atoms with Gasteiger partial charge in [-0.1, -0.05) is 29.3 Å². The molecule has 0 amide bonds. The van der Waals surface area contributed by atoms with Crippen molar-refractivity contribution in [1.29, 1.82) is 5.26 Å². The van der Waals surface area contributed by atoms with Crippen LogP contribution in [-0.4, -0.2) is 28.6 Å². The summed E-state index contributed by atoms with van der Waals surface area (Å²) in [6.45, 7) is 1.30. The summed E-state index contributed by atoms with van der Waals surface area (Å²) >= 11 is 12.6. The van der Waals surface area contributed by atoms with Crippen LogP contribution in [0.4, 0.5) is 17.1 Å². The van der Waals surface area contributed by atoms with Gasteiger partial charge in [0.25, 0.3) is 0 Å². The molecule has 12 heteroatoms. The Kier molecular flexibility index (Phi) is 10.9. The first-order valence-corrected chi connectivity index (χ1v) is 12.6. The lowest BCUT2D eigenvalue weighted by molar-refractivity contribution is -0.694. The second-order valence-corrected chi connectivity index (χ2v) is 9.87. The van der Waals surface area contributed by atoms with E-state index in [4.69, 9.17) is 28.5 Å². The minimum absolute atomic E-state index is 0. The lowest BCUT2D eigenvalue weighted by atomic mass is 10.2. The molecule has 0 spiro atoms. The molecule has 1 heterocycles. The number of rotatable bonds is 10. The van der Waals surface area contributed by atoms with Crippen LogP contribution in [0.25, 0.3) is 0 Å². The van der Waals surface area contributed by atoms with E-state index in [2.05, 4.69) is 21.0 Å². The topological polar surface area (TPSA) is 102 Å². The number of pyridine rings is 1. The molecule has 8 nitrogen and oxygen atoms in total. The molecule has 0 saturated carbocycles. The number of aromatic nitrogens is 1. The van der Waals surface area contributed by atoms with Gasteiger partial charge in [0.15, 0.2) is 18.9 Å². The monoisotopic (exact) mass is 552 g/mol. The molecule has 0 bridgehead atoms. The maximum atomic E-state index is 12.7. The number of azo groups is 1. The highest BCUT2D eigenvalue weighted by atomic mass is 35.5. The number of nitrogens with one attached hydrogen (secondary N) is 1. The van der Waals surface area contributed by atoms with Gasteiger partial charge in [-0.15, -0.1) is 5.11 Å². The second kappa shape index (κ2) is 13.4. The van der Waals surface area contributed by atoms with Crippen molar-refractivity contribution in [2.45, 2.75) is 17.9 Å². The second-order valence-electron chi connectivity index (χ2n) is 7.29. The zero-order valence-electron chi connectivity index (χ0n) is 18.8. The van der Waals surface area contributed by atoms with E-state index in [1.165, 1.54) is 12.1 Å². The first-order chi connectivity index (χ1) is 16.3. The van der Waals surface area contributed by atoms with Crippen molar-refractivity contribution in [2.75, 3.05) is 25.0 Å². The fourth-order valence-corrected chi connectivity index (χ4v) is 4.76. The van der Waals surface area contributed by atoms with E-state index in [9.17, 15) is 8.42 Å². The van der Waals surface area contributed by atoms with Crippen LogP contribution in [0.1, 0.15) is 6.42 Å². The van der Waals surface area contributed by atoms with Gasteiger partial charge in [-0.25, -0.2) is 17.7 Å². The fraction of sp³-hybridized carbons (Fsp3) is 0.217. The largest absolute Gasteiger partial charge is 1.00 e. The smallest absolute Gasteiger partial charge is 0.240 e. The van der Waals surface area contributed by atoms with E-state index in [-0.39, 0.29) is 39.6 Å². The van der Waals surface area contributed by atoms with E-state index in [1.54, 1.807) is 12.1 Å². The predicted octanol–water partition coefficient (Wildman–Crippen LogP) is 2.03. The summed E-state index contributed by atoms with van der Waals surface area (Å²) < 4.78 is 29.7. The number of anilines is 1. The first kappa shape index (κ1) is 28.5. The predicted molar refractivity (Wildman–Crippen MR) is 132 cm³/mol. The van der Waals surface area contributed by atoms with Crippen LogP contribution in [0, 0.1) is 11.3 Å². The van der Waals surface area contributed by atoms with Crippen LogP contribution in [0.2, 0.25) is 10.0 Å². The number of nitrogens with zero attached hydrogens (tertiary/aromatic N) is 5. The van der Waals surface area contributed by atoms with Gasteiger partial charge in [-0.05, 0) is 36.4 Å². The molecule has 3 rings (SSSR count). The fourth-order valence-electron chi connectivity index (χ4n) is 3.00. The number of benzene rings is 2. The van der Waals surface area contributed by atoms with Gasteiger partial charge in [-0.3, -0.25) is 0 Å². The molecule has 35 heavy (non-hydrogen) atoms. The number of hydrogen-bond donors (Lipinski definition) is 1. The van der Waals surface area contributed by atoms with Crippen LogP contribution in [0.5, 0.6) is 0 Å². The molecule has 1 aromatic heterocycles. The zero-order chi connectivity index (χ0) is 24.6. The number of nitriles is 1. The van der Waals surface area contributed by atoms with E-state index < -0.39 is 10.0 Å². The Labute approximate surface area is 221 Å². The summed E-state index contributed by atoms with van der Waals surface area (Å²) in [5.41, 5.74) is 1.69. The molecule has 2 aromatic carbocycles.